The van der Waals surface area contributed by atoms with Gasteiger partial charge >= 0.3 is 0 Å². The highest BCUT2D eigenvalue weighted by molar-refractivity contribution is 7.18. The van der Waals surface area contributed by atoms with Crippen molar-refractivity contribution in [2.24, 2.45) is 0 Å². The summed E-state index contributed by atoms with van der Waals surface area (Å²) in [5.74, 6) is 0. The number of aromatic nitrogens is 3. The van der Waals surface area contributed by atoms with E-state index in [1.165, 1.54) is 20.3 Å². The molecule has 0 saturated carbocycles. The Hall–Kier alpha value is -3.35. The zero-order valence-corrected chi connectivity index (χ0v) is 16.8. The third-order valence-corrected chi connectivity index (χ3v) is 6.77. The van der Waals surface area contributed by atoms with E-state index in [2.05, 4.69) is 62.0 Å². The summed E-state index contributed by atoms with van der Waals surface area (Å²) in [4.78, 5) is 13.3. The highest BCUT2D eigenvalue weighted by Crippen LogP contribution is 2.38. The number of fused-ring (bicyclic) bond motifs is 3. The molecule has 0 amide bonds. The number of thiazole rings is 1. The lowest BCUT2D eigenvalue weighted by Crippen LogP contribution is -1.92. The van der Waals surface area contributed by atoms with Crippen molar-refractivity contribution in [3.8, 4) is 11.1 Å². The van der Waals surface area contributed by atoms with Crippen LogP contribution in [0.5, 0.6) is 0 Å². The minimum absolute atomic E-state index is 0.973. The Labute approximate surface area is 174 Å². The van der Waals surface area contributed by atoms with Crippen molar-refractivity contribution < 1.29 is 0 Å². The van der Waals surface area contributed by atoms with Crippen molar-refractivity contribution in [1.29, 1.82) is 0 Å². The molecule has 0 saturated heterocycles. The molecule has 0 radical (unpaired) electrons. The van der Waals surface area contributed by atoms with Crippen LogP contribution in [0.2, 0.25) is 0 Å². The van der Waals surface area contributed by atoms with Gasteiger partial charge in [-0.1, -0.05) is 6.07 Å². The molecule has 0 spiro atoms. The average Bonchev–Trinajstić information content (AvgIpc) is 3.39. The summed E-state index contributed by atoms with van der Waals surface area (Å²) >= 11 is 3.40. The first-order valence-electron chi connectivity index (χ1n) is 9.16. The molecule has 0 unspecified atom stereocenters. The van der Waals surface area contributed by atoms with Crippen LogP contribution < -0.4 is 5.32 Å². The zero-order chi connectivity index (χ0) is 19.2. The molecule has 4 aromatic heterocycles. The van der Waals surface area contributed by atoms with Gasteiger partial charge in [0, 0.05) is 56.6 Å². The van der Waals surface area contributed by atoms with E-state index in [0.29, 0.717) is 0 Å². The second-order valence-electron chi connectivity index (χ2n) is 6.77. The van der Waals surface area contributed by atoms with E-state index >= 15 is 0 Å². The Morgan fingerprint density at radius 1 is 0.793 bits per heavy atom. The van der Waals surface area contributed by atoms with Crippen LogP contribution >= 0.6 is 22.7 Å². The number of nitrogens with one attached hydrogen (secondary N) is 1. The molecular formula is C23H14N4S2. The topological polar surface area (TPSA) is 50.7 Å². The van der Waals surface area contributed by atoms with Crippen LogP contribution in [-0.4, -0.2) is 15.0 Å². The summed E-state index contributed by atoms with van der Waals surface area (Å²) in [7, 11) is 0. The number of anilines is 2. The third kappa shape index (κ3) is 2.85. The fourth-order valence-electron chi connectivity index (χ4n) is 3.61. The Morgan fingerprint density at radius 2 is 1.79 bits per heavy atom. The molecule has 4 heterocycles. The van der Waals surface area contributed by atoms with Crippen LogP contribution in [0.3, 0.4) is 0 Å². The number of pyridine rings is 2. The number of rotatable bonds is 3. The first kappa shape index (κ1) is 16.6. The van der Waals surface area contributed by atoms with Gasteiger partial charge in [0.2, 0.25) is 0 Å². The van der Waals surface area contributed by atoms with Crippen molar-refractivity contribution in [2.75, 3.05) is 5.32 Å². The van der Waals surface area contributed by atoms with Gasteiger partial charge in [-0.2, -0.15) is 0 Å². The molecule has 29 heavy (non-hydrogen) atoms. The van der Waals surface area contributed by atoms with Gasteiger partial charge < -0.3 is 5.32 Å². The molecule has 6 aromatic rings. The van der Waals surface area contributed by atoms with E-state index in [1.54, 1.807) is 28.9 Å². The molecule has 0 bridgehead atoms. The van der Waals surface area contributed by atoms with Gasteiger partial charge in [0.05, 0.1) is 21.2 Å². The molecule has 2 aromatic carbocycles. The maximum Gasteiger partial charge on any atom is 0.0832 e. The summed E-state index contributed by atoms with van der Waals surface area (Å²) in [6.07, 6.45) is 5.57. The molecule has 6 rings (SSSR count). The second kappa shape index (κ2) is 6.62. The number of hydrogen-bond donors (Lipinski definition) is 1. The van der Waals surface area contributed by atoms with Crippen LogP contribution in [0.1, 0.15) is 0 Å². The molecule has 0 aliphatic rings. The van der Waals surface area contributed by atoms with Crippen LogP contribution in [0.15, 0.2) is 78.0 Å². The summed E-state index contributed by atoms with van der Waals surface area (Å²) in [5, 5.41) is 8.07. The minimum atomic E-state index is 0.973. The van der Waals surface area contributed by atoms with E-state index < -0.39 is 0 Å². The smallest absolute Gasteiger partial charge is 0.0832 e. The first-order valence-corrected chi connectivity index (χ1v) is 10.9. The van der Waals surface area contributed by atoms with Crippen molar-refractivity contribution >= 4 is 65.3 Å². The monoisotopic (exact) mass is 410 g/mol. The molecule has 0 aliphatic heterocycles. The first-order chi connectivity index (χ1) is 14.3. The fraction of sp³-hybridized carbons (Fsp3) is 0. The molecule has 0 atom stereocenters. The number of hydrogen-bond acceptors (Lipinski definition) is 6. The van der Waals surface area contributed by atoms with Crippen LogP contribution in [0.25, 0.3) is 42.3 Å². The van der Waals surface area contributed by atoms with Gasteiger partial charge in [-0.05, 0) is 47.8 Å². The van der Waals surface area contributed by atoms with E-state index in [4.69, 9.17) is 0 Å². The largest absolute Gasteiger partial charge is 0.355 e. The Bertz CT molecular complexity index is 1480. The zero-order valence-electron chi connectivity index (χ0n) is 15.2. The number of nitrogens with zero attached hydrogens (tertiary/aromatic N) is 3. The number of thiophene rings is 1. The lowest BCUT2D eigenvalue weighted by atomic mass is 10.0. The van der Waals surface area contributed by atoms with Gasteiger partial charge in [0.15, 0.2) is 0 Å². The van der Waals surface area contributed by atoms with E-state index in [1.807, 2.05) is 30.0 Å². The lowest BCUT2D eigenvalue weighted by molar-refractivity contribution is 1.33. The van der Waals surface area contributed by atoms with E-state index in [9.17, 15) is 0 Å². The van der Waals surface area contributed by atoms with Gasteiger partial charge in [-0.15, -0.1) is 22.7 Å². The van der Waals surface area contributed by atoms with Crippen LogP contribution in [0.4, 0.5) is 11.4 Å². The maximum absolute atomic E-state index is 4.63. The summed E-state index contributed by atoms with van der Waals surface area (Å²) < 4.78 is 2.43. The molecule has 1 N–H and O–H groups in total. The third-order valence-electron chi connectivity index (χ3n) is 5.02. The quantitative estimate of drug-likeness (QED) is 0.346. The van der Waals surface area contributed by atoms with Gasteiger partial charge in [0.25, 0.3) is 0 Å². The second-order valence-corrected chi connectivity index (χ2v) is 8.57. The highest BCUT2D eigenvalue weighted by Gasteiger charge is 2.11. The highest BCUT2D eigenvalue weighted by atomic mass is 32.1. The van der Waals surface area contributed by atoms with E-state index in [0.717, 1.165) is 33.4 Å². The lowest BCUT2D eigenvalue weighted by Gasteiger charge is -2.10. The Morgan fingerprint density at radius 3 is 2.72 bits per heavy atom. The summed E-state index contributed by atoms with van der Waals surface area (Å²) in [6, 6.07) is 16.8. The number of benzene rings is 2. The normalized spacial score (nSPS) is 11.4. The Balaban J connectivity index is 1.48. The van der Waals surface area contributed by atoms with Crippen molar-refractivity contribution in [3.05, 3.63) is 78.0 Å². The van der Waals surface area contributed by atoms with Crippen molar-refractivity contribution in [2.45, 2.75) is 0 Å². The Kier molecular flexibility index (Phi) is 3.78. The van der Waals surface area contributed by atoms with Gasteiger partial charge in [-0.25, -0.2) is 4.98 Å². The molecule has 6 heteroatoms. The van der Waals surface area contributed by atoms with Crippen molar-refractivity contribution in [3.63, 3.8) is 0 Å². The van der Waals surface area contributed by atoms with Gasteiger partial charge in [-0.3, -0.25) is 9.97 Å². The summed E-state index contributed by atoms with van der Waals surface area (Å²) in [6.45, 7) is 0. The van der Waals surface area contributed by atoms with Crippen LogP contribution in [-0.2, 0) is 0 Å². The standard InChI is InChI=1S/C23H14N4S2/c1-2-14(11-24-6-1)18-12-28-23-10-17-19(5-7-25-20(17)9-16(18)23)27-15-3-4-22-21(8-15)26-13-29-22/h1-13H,(H,25,27). The molecule has 0 fully saturated rings. The SMILES string of the molecule is c1cncc(-c2csc3cc4c(Nc5ccc6scnc6c5)ccnc4cc23)c1. The van der Waals surface area contributed by atoms with E-state index in [-0.39, 0.29) is 0 Å². The molecule has 0 aliphatic carbocycles. The van der Waals surface area contributed by atoms with Crippen molar-refractivity contribution in [1.82, 2.24) is 15.0 Å². The van der Waals surface area contributed by atoms with Gasteiger partial charge in [0.1, 0.15) is 0 Å². The average molecular weight is 411 g/mol. The van der Waals surface area contributed by atoms with Crippen LogP contribution in [0, 0.1) is 0 Å². The predicted octanol–water partition coefficient (Wildman–Crippen LogP) is 6.86. The predicted molar refractivity (Wildman–Crippen MR) is 123 cm³/mol. The minimum Gasteiger partial charge on any atom is -0.355 e. The summed E-state index contributed by atoms with van der Waals surface area (Å²) in [5.41, 5.74) is 8.27. The molecule has 4 nitrogen and oxygen atoms in total. The molecular weight excluding hydrogens is 396 g/mol. The maximum atomic E-state index is 4.63. The fourth-order valence-corrected chi connectivity index (χ4v) is 5.26. The molecule has 138 valence electrons.